The highest BCUT2D eigenvalue weighted by Crippen LogP contribution is 2.17. The van der Waals surface area contributed by atoms with Gasteiger partial charge in [-0.2, -0.15) is 0 Å². The molecule has 4 heteroatoms. The number of nitrogens with zero attached hydrogens (tertiary/aromatic N) is 1. The second-order valence-electron chi connectivity index (χ2n) is 6.18. The van der Waals surface area contributed by atoms with E-state index in [-0.39, 0.29) is 18.2 Å². The summed E-state index contributed by atoms with van der Waals surface area (Å²) >= 11 is 0. The van der Waals surface area contributed by atoms with Crippen molar-refractivity contribution in [2.45, 2.75) is 34.1 Å². The number of hydrogen-bond donors (Lipinski definition) is 1. The highest BCUT2D eigenvalue weighted by molar-refractivity contribution is 5.94. The molecule has 0 aliphatic rings. The van der Waals surface area contributed by atoms with Gasteiger partial charge in [0.25, 0.3) is 0 Å². The van der Waals surface area contributed by atoms with Crippen LogP contribution in [0.1, 0.15) is 30.0 Å². The number of benzene rings is 2. The van der Waals surface area contributed by atoms with Crippen LogP contribution in [-0.2, 0) is 9.59 Å². The van der Waals surface area contributed by atoms with Crippen molar-refractivity contribution in [3.05, 3.63) is 59.2 Å². The monoisotopic (exact) mass is 324 g/mol. The van der Waals surface area contributed by atoms with Crippen molar-refractivity contribution in [1.82, 2.24) is 0 Å². The molecule has 0 atom stereocenters. The second-order valence-corrected chi connectivity index (χ2v) is 6.18. The molecule has 4 nitrogen and oxygen atoms in total. The Morgan fingerprint density at radius 2 is 1.62 bits per heavy atom. The molecule has 1 N–H and O–H groups in total. The van der Waals surface area contributed by atoms with E-state index >= 15 is 0 Å². The first-order chi connectivity index (χ1) is 11.3. The van der Waals surface area contributed by atoms with Gasteiger partial charge in [-0.1, -0.05) is 18.2 Å². The number of rotatable bonds is 5. The summed E-state index contributed by atoms with van der Waals surface area (Å²) in [6.07, 6.45) is 0.251. The maximum atomic E-state index is 12.2. The van der Waals surface area contributed by atoms with E-state index in [2.05, 4.69) is 11.4 Å². The minimum absolute atomic E-state index is 0.0696. The maximum absolute atomic E-state index is 12.2. The Morgan fingerprint density at radius 1 is 0.958 bits per heavy atom. The molecule has 0 saturated heterocycles. The van der Waals surface area contributed by atoms with Crippen LogP contribution in [0.3, 0.4) is 0 Å². The van der Waals surface area contributed by atoms with Crippen LogP contribution in [0.4, 0.5) is 11.4 Å². The normalized spacial score (nSPS) is 10.3. The van der Waals surface area contributed by atoms with Gasteiger partial charge < -0.3 is 10.2 Å². The first-order valence-electron chi connectivity index (χ1n) is 8.08. The standard InChI is InChI=1S/C20H24N2O2/c1-14-6-5-7-19(13-14)22(17(4)23)9-8-20(24)21-18-11-15(2)10-16(3)12-18/h5-7,10-13H,8-9H2,1-4H3,(H,21,24). The van der Waals surface area contributed by atoms with Gasteiger partial charge >= 0.3 is 0 Å². The van der Waals surface area contributed by atoms with Gasteiger partial charge in [0.2, 0.25) is 11.8 Å². The topological polar surface area (TPSA) is 49.4 Å². The van der Waals surface area contributed by atoms with Crippen LogP contribution in [0.25, 0.3) is 0 Å². The molecule has 0 radical (unpaired) electrons. The molecule has 0 bridgehead atoms. The zero-order valence-electron chi connectivity index (χ0n) is 14.7. The summed E-state index contributed by atoms with van der Waals surface area (Å²) in [5.74, 6) is -0.168. The SMILES string of the molecule is CC(=O)N(CCC(=O)Nc1cc(C)cc(C)c1)c1cccc(C)c1. The molecule has 0 unspecified atom stereocenters. The van der Waals surface area contributed by atoms with Gasteiger partial charge in [0, 0.05) is 31.3 Å². The van der Waals surface area contributed by atoms with Crippen LogP contribution in [0, 0.1) is 20.8 Å². The molecule has 2 aromatic carbocycles. The van der Waals surface area contributed by atoms with Crippen molar-refractivity contribution in [3.8, 4) is 0 Å². The first-order valence-corrected chi connectivity index (χ1v) is 8.08. The lowest BCUT2D eigenvalue weighted by Crippen LogP contribution is -2.32. The van der Waals surface area contributed by atoms with E-state index in [1.807, 2.05) is 57.2 Å². The fraction of sp³-hybridized carbons (Fsp3) is 0.300. The third-order valence-electron chi connectivity index (χ3n) is 3.76. The second kappa shape index (κ2) is 7.77. The van der Waals surface area contributed by atoms with Crippen molar-refractivity contribution >= 4 is 23.2 Å². The number of amides is 2. The third-order valence-corrected chi connectivity index (χ3v) is 3.76. The Labute approximate surface area is 143 Å². The zero-order chi connectivity index (χ0) is 17.7. The van der Waals surface area contributed by atoms with E-state index in [4.69, 9.17) is 0 Å². The van der Waals surface area contributed by atoms with Crippen molar-refractivity contribution in [1.29, 1.82) is 0 Å². The summed E-state index contributed by atoms with van der Waals surface area (Å²) in [5.41, 5.74) is 4.91. The zero-order valence-corrected chi connectivity index (χ0v) is 14.7. The fourth-order valence-corrected chi connectivity index (χ4v) is 2.75. The Bertz CT molecular complexity index is 733. The van der Waals surface area contributed by atoms with E-state index in [0.717, 1.165) is 28.1 Å². The van der Waals surface area contributed by atoms with Crippen LogP contribution in [-0.4, -0.2) is 18.4 Å². The van der Waals surface area contributed by atoms with Crippen molar-refractivity contribution < 1.29 is 9.59 Å². The van der Waals surface area contributed by atoms with Gasteiger partial charge in [0.05, 0.1) is 0 Å². The predicted octanol–water partition coefficient (Wildman–Crippen LogP) is 3.99. The van der Waals surface area contributed by atoms with Gasteiger partial charge in [0.15, 0.2) is 0 Å². The van der Waals surface area contributed by atoms with E-state index in [0.29, 0.717) is 6.54 Å². The van der Waals surface area contributed by atoms with Crippen molar-refractivity contribution in [3.63, 3.8) is 0 Å². The smallest absolute Gasteiger partial charge is 0.226 e. The van der Waals surface area contributed by atoms with Crippen LogP contribution in [0.15, 0.2) is 42.5 Å². The van der Waals surface area contributed by atoms with Gasteiger partial charge in [-0.15, -0.1) is 0 Å². The molecule has 0 aromatic heterocycles. The molecule has 24 heavy (non-hydrogen) atoms. The van der Waals surface area contributed by atoms with Crippen LogP contribution < -0.4 is 10.2 Å². The summed E-state index contributed by atoms with van der Waals surface area (Å²) in [5, 5.41) is 2.90. The summed E-state index contributed by atoms with van der Waals surface area (Å²) in [7, 11) is 0. The highest BCUT2D eigenvalue weighted by atomic mass is 16.2. The molecule has 0 saturated carbocycles. The number of carbonyl (C=O) groups excluding carboxylic acids is 2. The van der Waals surface area contributed by atoms with Crippen molar-refractivity contribution in [2.24, 2.45) is 0 Å². The lowest BCUT2D eigenvalue weighted by Gasteiger charge is -2.21. The Morgan fingerprint density at radius 3 is 2.21 bits per heavy atom. The molecule has 0 aliphatic heterocycles. The van der Waals surface area contributed by atoms with Crippen molar-refractivity contribution in [2.75, 3.05) is 16.8 Å². The van der Waals surface area contributed by atoms with E-state index in [9.17, 15) is 9.59 Å². The van der Waals surface area contributed by atoms with Crippen LogP contribution in [0.2, 0.25) is 0 Å². The van der Waals surface area contributed by atoms with Crippen LogP contribution in [0.5, 0.6) is 0 Å². The highest BCUT2D eigenvalue weighted by Gasteiger charge is 2.13. The number of carbonyl (C=O) groups is 2. The van der Waals surface area contributed by atoms with E-state index in [1.54, 1.807) is 4.90 Å². The molecule has 0 heterocycles. The fourth-order valence-electron chi connectivity index (χ4n) is 2.75. The molecule has 2 rings (SSSR count). The first kappa shape index (κ1) is 17.7. The van der Waals surface area contributed by atoms with E-state index < -0.39 is 0 Å². The molecular formula is C20H24N2O2. The Kier molecular flexibility index (Phi) is 5.74. The third kappa shape index (κ3) is 4.95. The minimum Gasteiger partial charge on any atom is -0.326 e. The van der Waals surface area contributed by atoms with Gasteiger partial charge in [-0.25, -0.2) is 0 Å². The molecule has 0 aliphatic carbocycles. The number of aryl methyl sites for hydroxylation is 3. The number of anilines is 2. The summed E-state index contributed by atoms with van der Waals surface area (Å²) in [6, 6.07) is 13.7. The molecule has 2 amide bonds. The Balaban J connectivity index is 2.01. The lowest BCUT2D eigenvalue weighted by molar-refractivity contribution is -0.117. The lowest BCUT2D eigenvalue weighted by atomic mass is 10.1. The van der Waals surface area contributed by atoms with E-state index in [1.165, 1.54) is 6.92 Å². The summed E-state index contributed by atoms with van der Waals surface area (Å²) in [6.45, 7) is 7.85. The minimum atomic E-state index is -0.0982. The average Bonchev–Trinajstić information content (AvgIpc) is 2.46. The van der Waals surface area contributed by atoms with Gasteiger partial charge in [0.1, 0.15) is 0 Å². The number of hydrogen-bond acceptors (Lipinski definition) is 2. The largest absolute Gasteiger partial charge is 0.326 e. The predicted molar refractivity (Wildman–Crippen MR) is 98.4 cm³/mol. The summed E-state index contributed by atoms with van der Waals surface area (Å²) < 4.78 is 0. The maximum Gasteiger partial charge on any atom is 0.226 e. The molecule has 0 fully saturated rings. The van der Waals surface area contributed by atoms with Gasteiger partial charge in [-0.05, 0) is 61.7 Å². The molecule has 126 valence electrons. The molecular weight excluding hydrogens is 300 g/mol. The molecule has 0 spiro atoms. The molecule has 2 aromatic rings. The Hall–Kier alpha value is -2.62. The average molecular weight is 324 g/mol. The number of nitrogens with one attached hydrogen (secondary N) is 1. The summed E-state index contributed by atoms with van der Waals surface area (Å²) in [4.78, 5) is 25.8. The van der Waals surface area contributed by atoms with Gasteiger partial charge in [-0.3, -0.25) is 9.59 Å². The van der Waals surface area contributed by atoms with Crippen LogP contribution >= 0.6 is 0 Å². The quantitative estimate of drug-likeness (QED) is 0.904.